The average molecular weight is 245 g/mol. The topological polar surface area (TPSA) is 81.3 Å². The average Bonchev–Trinajstić information content (AvgIpc) is 2.19. The van der Waals surface area contributed by atoms with Crippen molar-refractivity contribution in [1.82, 2.24) is 0 Å². The lowest BCUT2D eigenvalue weighted by atomic mass is 9.47. The summed E-state index contributed by atoms with van der Waals surface area (Å²) in [6, 6.07) is 2.18. The summed E-state index contributed by atoms with van der Waals surface area (Å²) in [5.74, 6) is 0. The van der Waals surface area contributed by atoms with Crippen LogP contribution in [0, 0.1) is 22.2 Å². The minimum Gasteiger partial charge on any atom is -0.324 e. The quantitative estimate of drug-likeness (QED) is 0.729. The molecule has 0 spiro atoms. The zero-order valence-corrected chi connectivity index (χ0v) is 10.8. The second-order valence-electron chi connectivity index (χ2n) is 4.93. The molecule has 0 aromatic carbocycles. The Morgan fingerprint density at radius 2 is 1.75 bits per heavy atom. The molecule has 0 aliphatic heterocycles. The van der Waals surface area contributed by atoms with Gasteiger partial charge in [0, 0.05) is 6.42 Å². The van der Waals surface area contributed by atoms with Gasteiger partial charge in [-0.2, -0.15) is 5.26 Å². The molecular formula is C11H20NO3P. The Labute approximate surface area is 96.8 Å². The van der Waals surface area contributed by atoms with Crippen LogP contribution in [0.15, 0.2) is 0 Å². The van der Waals surface area contributed by atoms with E-state index in [2.05, 4.69) is 6.07 Å². The third kappa shape index (κ3) is 2.18. The highest BCUT2D eigenvalue weighted by Crippen LogP contribution is 2.66. The standard InChI is InChI=1S/C11H20NO3P/c1-3-10(7-8-12)5-6-11(10,4-2)9-16(13,14)15/h3-7,9H2,1-2H3,(H2,13,14,15). The second-order valence-corrected chi connectivity index (χ2v) is 6.57. The molecule has 1 aliphatic rings. The van der Waals surface area contributed by atoms with Crippen LogP contribution in [-0.4, -0.2) is 15.9 Å². The highest BCUT2D eigenvalue weighted by atomic mass is 31.2. The van der Waals surface area contributed by atoms with E-state index in [-0.39, 0.29) is 17.0 Å². The summed E-state index contributed by atoms with van der Waals surface area (Å²) in [6.07, 6.45) is 3.68. The van der Waals surface area contributed by atoms with Gasteiger partial charge < -0.3 is 9.79 Å². The second kappa shape index (κ2) is 4.49. The zero-order valence-electron chi connectivity index (χ0n) is 9.94. The molecule has 1 rings (SSSR count). The Morgan fingerprint density at radius 1 is 1.25 bits per heavy atom. The van der Waals surface area contributed by atoms with E-state index in [1.807, 2.05) is 13.8 Å². The fourth-order valence-corrected chi connectivity index (χ4v) is 4.75. The Balaban J connectivity index is 2.97. The molecule has 2 unspecified atom stereocenters. The van der Waals surface area contributed by atoms with Gasteiger partial charge in [-0.3, -0.25) is 4.57 Å². The van der Waals surface area contributed by atoms with Crippen molar-refractivity contribution in [2.24, 2.45) is 10.8 Å². The van der Waals surface area contributed by atoms with Gasteiger partial charge in [0.25, 0.3) is 0 Å². The van der Waals surface area contributed by atoms with Gasteiger partial charge in [0.15, 0.2) is 0 Å². The molecule has 0 heterocycles. The van der Waals surface area contributed by atoms with Crippen LogP contribution in [-0.2, 0) is 4.57 Å². The number of nitriles is 1. The summed E-state index contributed by atoms with van der Waals surface area (Å²) in [6.45, 7) is 3.98. The predicted molar refractivity (Wildman–Crippen MR) is 61.8 cm³/mol. The van der Waals surface area contributed by atoms with Crippen molar-refractivity contribution in [2.75, 3.05) is 6.16 Å². The van der Waals surface area contributed by atoms with Crippen LogP contribution in [0.3, 0.4) is 0 Å². The van der Waals surface area contributed by atoms with E-state index >= 15 is 0 Å². The zero-order chi connectivity index (χ0) is 12.4. The molecule has 0 radical (unpaired) electrons. The lowest BCUT2D eigenvalue weighted by Gasteiger charge is -2.59. The molecule has 4 nitrogen and oxygen atoms in total. The minimum atomic E-state index is -4.00. The molecule has 5 heteroatoms. The first kappa shape index (κ1) is 13.7. The van der Waals surface area contributed by atoms with Crippen LogP contribution in [0.2, 0.25) is 0 Å². The SMILES string of the molecule is CCC1(CC#N)CCC1(CC)CP(=O)(O)O. The molecule has 92 valence electrons. The van der Waals surface area contributed by atoms with Gasteiger partial charge in [-0.15, -0.1) is 0 Å². The first-order valence-electron chi connectivity index (χ1n) is 5.76. The molecule has 1 aliphatic carbocycles. The lowest BCUT2D eigenvalue weighted by Crippen LogP contribution is -2.52. The number of hydrogen-bond acceptors (Lipinski definition) is 2. The molecule has 0 saturated heterocycles. The van der Waals surface area contributed by atoms with Gasteiger partial charge in [0.2, 0.25) is 0 Å². The van der Waals surface area contributed by atoms with Gasteiger partial charge >= 0.3 is 7.60 Å². The Morgan fingerprint density at radius 3 is 2.00 bits per heavy atom. The molecule has 1 saturated carbocycles. The van der Waals surface area contributed by atoms with Crippen molar-refractivity contribution < 1.29 is 14.4 Å². The van der Waals surface area contributed by atoms with Crippen molar-refractivity contribution in [2.45, 2.75) is 46.0 Å². The van der Waals surface area contributed by atoms with Gasteiger partial charge in [-0.1, -0.05) is 13.8 Å². The molecule has 1 fully saturated rings. The fraction of sp³-hybridized carbons (Fsp3) is 0.909. The largest absolute Gasteiger partial charge is 0.326 e. The molecule has 0 amide bonds. The van der Waals surface area contributed by atoms with Gasteiger partial charge in [0.1, 0.15) is 0 Å². The van der Waals surface area contributed by atoms with Crippen LogP contribution in [0.1, 0.15) is 46.0 Å². The van der Waals surface area contributed by atoms with E-state index in [9.17, 15) is 14.4 Å². The van der Waals surface area contributed by atoms with Gasteiger partial charge in [-0.05, 0) is 36.5 Å². The van der Waals surface area contributed by atoms with Crippen molar-refractivity contribution in [3.05, 3.63) is 0 Å². The van der Waals surface area contributed by atoms with Crippen LogP contribution in [0.4, 0.5) is 0 Å². The van der Waals surface area contributed by atoms with E-state index in [0.29, 0.717) is 6.42 Å². The van der Waals surface area contributed by atoms with Crippen molar-refractivity contribution in [3.63, 3.8) is 0 Å². The van der Waals surface area contributed by atoms with Crippen LogP contribution in [0.5, 0.6) is 0 Å². The highest BCUT2D eigenvalue weighted by Gasteiger charge is 2.58. The molecule has 0 bridgehead atoms. The summed E-state index contributed by atoms with van der Waals surface area (Å²) >= 11 is 0. The maximum Gasteiger partial charge on any atom is 0.326 e. The van der Waals surface area contributed by atoms with E-state index in [4.69, 9.17) is 5.26 Å². The summed E-state index contributed by atoms with van der Waals surface area (Å²) in [5.41, 5.74) is -0.492. The first-order chi connectivity index (χ1) is 7.35. The predicted octanol–water partition coefficient (Wildman–Crippen LogP) is 2.66. The first-order valence-corrected chi connectivity index (χ1v) is 7.56. The van der Waals surface area contributed by atoms with Crippen molar-refractivity contribution in [3.8, 4) is 6.07 Å². The highest BCUT2D eigenvalue weighted by molar-refractivity contribution is 7.51. The summed E-state index contributed by atoms with van der Waals surface area (Å²) in [7, 11) is -4.00. The van der Waals surface area contributed by atoms with Crippen molar-refractivity contribution >= 4 is 7.60 Å². The Hall–Kier alpha value is -0.360. The molecule has 2 N–H and O–H groups in total. The number of nitrogens with zero attached hydrogens (tertiary/aromatic N) is 1. The summed E-state index contributed by atoms with van der Waals surface area (Å²) in [5, 5.41) is 8.88. The molecule has 0 aromatic rings. The van der Waals surface area contributed by atoms with Gasteiger partial charge in [-0.25, -0.2) is 0 Å². The van der Waals surface area contributed by atoms with Crippen molar-refractivity contribution in [1.29, 1.82) is 5.26 Å². The van der Waals surface area contributed by atoms with E-state index in [1.54, 1.807) is 0 Å². The lowest BCUT2D eigenvalue weighted by molar-refractivity contribution is -0.0691. The maximum absolute atomic E-state index is 11.2. The monoisotopic (exact) mass is 245 g/mol. The normalized spacial score (nSPS) is 34.2. The van der Waals surface area contributed by atoms with E-state index in [0.717, 1.165) is 25.7 Å². The fourth-order valence-electron chi connectivity index (χ4n) is 3.24. The number of hydrogen-bond donors (Lipinski definition) is 2. The third-order valence-electron chi connectivity index (χ3n) is 4.49. The Kier molecular flexibility index (Phi) is 3.84. The summed E-state index contributed by atoms with van der Waals surface area (Å²) < 4.78 is 11.2. The van der Waals surface area contributed by atoms with Gasteiger partial charge in [0.05, 0.1) is 12.2 Å². The molecule has 2 atom stereocenters. The van der Waals surface area contributed by atoms with E-state index in [1.165, 1.54) is 0 Å². The maximum atomic E-state index is 11.2. The van der Waals surface area contributed by atoms with Crippen LogP contribution in [0.25, 0.3) is 0 Å². The smallest absolute Gasteiger partial charge is 0.324 e. The third-order valence-corrected chi connectivity index (χ3v) is 5.50. The summed E-state index contributed by atoms with van der Waals surface area (Å²) in [4.78, 5) is 18.3. The number of rotatable bonds is 5. The Bertz CT molecular complexity index is 338. The van der Waals surface area contributed by atoms with E-state index < -0.39 is 7.60 Å². The van der Waals surface area contributed by atoms with Crippen LogP contribution < -0.4 is 0 Å². The minimum absolute atomic E-state index is 0.0635. The molecule has 16 heavy (non-hydrogen) atoms. The molecular weight excluding hydrogens is 225 g/mol. The van der Waals surface area contributed by atoms with Crippen LogP contribution >= 0.6 is 7.60 Å². The molecule has 0 aromatic heterocycles.